The Morgan fingerprint density at radius 2 is 2.31 bits per heavy atom. The van der Waals surface area contributed by atoms with Gasteiger partial charge in [-0.25, -0.2) is 4.98 Å². The smallest absolute Gasteiger partial charge is 0.261 e. The molecule has 0 bridgehead atoms. The van der Waals surface area contributed by atoms with Gasteiger partial charge in [0.25, 0.3) is 5.56 Å². The molecule has 0 aliphatic carbocycles. The van der Waals surface area contributed by atoms with E-state index in [4.69, 9.17) is 5.73 Å². The average Bonchev–Trinajstić information content (AvgIpc) is 2.23. The van der Waals surface area contributed by atoms with Gasteiger partial charge in [0.15, 0.2) is 0 Å². The van der Waals surface area contributed by atoms with Gasteiger partial charge in [0.05, 0.1) is 11.7 Å². The second kappa shape index (κ2) is 3.94. The van der Waals surface area contributed by atoms with E-state index in [1.807, 2.05) is 6.92 Å². The van der Waals surface area contributed by atoms with Gasteiger partial charge < -0.3 is 10.8 Å². The maximum Gasteiger partial charge on any atom is 0.261 e. The van der Waals surface area contributed by atoms with Gasteiger partial charge in [-0.3, -0.25) is 9.36 Å². The monoisotopic (exact) mass is 219 g/mol. The Morgan fingerprint density at radius 3 is 3.00 bits per heavy atom. The first-order valence-corrected chi connectivity index (χ1v) is 5.02. The molecule has 1 atom stereocenters. The highest BCUT2D eigenvalue weighted by atomic mass is 16.3. The molecule has 2 rings (SSSR count). The predicted molar refractivity (Wildman–Crippen MR) is 61.3 cm³/mol. The summed E-state index contributed by atoms with van der Waals surface area (Å²) in [6.45, 7) is 2.23. The van der Waals surface area contributed by atoms with Crippen molar-refractivity contribution in [1.29, 1.82) is 0 Å². The van der Waals surface area contributed by atoms with Gasteiger partial charge in [0.1, 0.15) is 11.3 Å². The highest BCUT2D eigenvalue weighted by molar-refractivity contribution is 5.82. The van der Waals surface area contributed by atoms with Gasteiger partial charge in [-0.1, -0.05) is 6.07 Å². The first-order valence-electron chi connectivity index (χ1n) is 5.02. The lowest BCUT2D eigenvalue weighted by Gasteiger charge is -2.09. The summed E-state index contributed by atoms with van der Waals surface area (Å²) in [5.41, 5.74) is 5.78. The number of para-hydroxylation sites is 1. The van der Waals surface area contributed by atoms with Gasteiger partial charge in [-0.05, 0) is 19.1 Å². The van der Waals surface area contributed by atoms with Crippen molar-refractivity contribution >= 4 is 10.9 Å². The van der Waals surface area contributed by atoms with Crippen LogP contribution in [0.1, 0.15) is 6.92 Å². The molecule has 1 aromatic carbocycles. The molecule has 5 heteroatoms. The number of benzene rings is 1. The second-order valence-corrected chi connectivity index (χ2v) is 3.85. The van der Waals surface area contributed by atoms with E-state index in [2.05, 4.69) is 4.98 Å². The van der Waals surface area contributed by atoms with E-state index in [1.165, 1.54) is 17.0 Å². The fraction of sp³-hybridized carbons (Fsp3) is 0.273. The molecule has 0 fully saturated rings. The number of aromatic nitrogens is 2. The van der Waals surface area contributed by atoms with E-state index < -0.39 is 0 Å². The van der Waals surface area contributed by atoms with Crippen LogP contribution in [0.5, 0.6) is 5.75 Å². The molecule has 3 N–H and O–H groups in total. The Balaban J connectivity index is 2.66. The lowest BCUT2D eigenvalue weighted by molar-refractivity contribution is 0.479. The molecule has 0 saturated heterocycles. The summed E-state index contributed by atoms with van der Waals surface area (Å²) in [6, 6.07) is 4.65. The first-order chi connectivity index (χ1) is 7.59. The number of fused-ring (bicyclic) bond motifs is 1. The summed E-state index contributed by atoms with van der Waals surface area (Å²) in [7, 11) is 0. The molecular weight excluding hydrogens is 206 g/mol. The van der Waals surface area contributed by atoms with Crippen molar-refractivity contribution in [3.8, 4) is 5.75 Å². The van der Waals surface area contributed by atoms with Crippen LogP contribution < -0.4 is 11.3 Å². The molecule has 0 amide bonds. The third-order valence-electron chi connectivity index (χ3n) is 2.32. The molecule has 1 aromatic heterocycles. The Labute approximate surface area is 92.2 Å². The number of nitrogens with zero attached hydrogens (tertiary/aromatic N) is 2. The average molecular weight is 219 g/mol. The zero-order valence-electron chi connectivity index (χ0n) is 8.92. The number of phenolic OH excluding ortho intramolecular Hbond substituents is 1. The van der Waals surface area contributed by atoms with Crippen LogP contribution >= 0.6 is 0 Å². The molecule has 84 valence electrons. The van der Waals surface area contributed by atoms with Crippen LogP contribution in [0.3, 0.4) is 0 Å². The molecule has 2 aromatic rings. The topological polar surface area (TPSA) is 81.1 Å². The van der Waals surface area contributed by atoms with Crippen LogP contribution in [0.15, 0.2) is 29.3 Å². The van der Waals surface area contributed by atoms with Crippen LogP contribution in [0.25, 0.3) is 10.9 Å². The van der Waals surface area contributed by atoms with E-state index in [0.717, 1.165) is 0 Å². The van der Waals surface area contributed by atoms with Crippen LogP contribution in [0.2, 0.25) is 0 Å². The number of hydrogen-bond acceptors (Lipinski definition) is 4. The van der Waals surface area contributed by atoms with Crippen LogP contribution in [-0.2, 0) is 6.54 Å². The molecular formula is C11H13N3O2. The number of rotatable bonds is 2. The quantitative estimate of drug-likeness (QED) is 0.768. The zero-order valence-corrected chi connectivity index (χ0v) is 8.92. The molecule has 5 nitrogen and oxygen atoms in total. The van der Waals surface area contributed by atoms with Crippen LogP contribution in [0, 0.1) is 0 Å². The summed E-state index contributed by atoms with van der Waals surface area (Å²) in [5.74, 6) is 0.0162. The fourth-order valence-electron chi connectivity index (χ4n) is 1.61. The van der Waals surface area contributed by atoms with Gasteiger partial charge >= 0.3 is 0 Å². The number of aromatic hydroxyl groups is 1. The Bertz CT molecular complexity index is 575. The maximum atomic E-state index is 12.0. The zero-order chi connectivity index (χ0) is 11.7. The van der Waals surface area contributed by atoms with E-state index >= 15 is 0 Å². The molecule has 1 unspecified atom stereocenters. The molecule has 16 heavy (non-hydrogen) atoms. The Hall–Kier alpha value is -1.88. The maximum absolute atomic E-state index is 12.0. The number of phenols is 1. The fourth-order valence-corrected chi connectivity index (χ4v) is 1.61. The third kappa shape index (κ3) is 1.77. The predicted octanol–water partition coefficient (Wildman–Crippen LogP) is 0.449. The summed E-state index contributed by atoms with van der Waals surface area (Å²) >= 11 is 0. The molecule has 1 heterocycles. The van der Waals surface area contributed by atoms with Crippen molar-refractivity contribution in [2.45, 2.75) is 19.5 Å². The van der Waals surface area contributed by atoms with Gasteiger partial charge in [0, 0.05) is 12.6 Å². The summed E-state index contributed by atoms with van der Waals surface area (Å²) in [6.07, 6.45) is 1.41. The summed E-state index contributed by atoms with van der Waals surface area (Å²) < 4.78 is 1.45. The first kappa shape index (κ1) is 10.6. The SMILES string of the molecule is CC(N)Cn1cnc2c(O)cccc2c1=O. The van der Waals surface area contributed by atoms with Crippen LogP contribution in [0.4, 0.5) is 0 Å². The molecule has 0 aliphatic rings. The third-order valence-corrected chi connectivity index (χ3v) is 2.32. The highest BCUT2D eigenvalue weighted by Gasteiger charge is 2.07. The van der Waals surface area contributed by atoms with Gasteiger partial charge in [-0.15, -0.1) is 0 Å². The Kier molecular flexibility index (Phi) is 2.62. The summed E-state index contributed by atoms with van der Waals surface area (Å²) in [4.78, 5) is 16.0. The molecule has 0 radical (unpaired) electrons. The highest BCUT2D eigenvalue weighted by Crippen LogP contribution is 2.18. The molecule has 0 aliphatic heterocycles. The summed E-state index contributed by atoms with van der Waals surface area (Å²) in [5, 5.41) is 9.94. The second-order valence-electron chi connectivity index (χ2n) is 3.85. The lowest BCUT2D eigenvalue weighted by Crippen LogP contribution is -2.30. The minimum Gasteiger partial charge on any atom is -0.506 e. The largest absolute Gasteiger partial charge is 0.506 e. The van der Waals surface area contributed by atoms with Crippen molar-refractivity contribution in [1.82, 2.24) is 9.55 Å². The van der Waals surface area contributed by atoms with Crippen molar-refractivity contribution in [3.63, 3.8) is 0 Å². The standard InChI is InChI=1S/C11H13N3O2/c1-7(12)5-14-6-13-10-8(11(14)16)3-2-4-9(10)15/h2-4,6-7,15H,5,12H2,1H3. The van der Waals surface area contributed by atoms with Crippen molar-refractivity contribution < 1.29 is 5.11 Å². The molecule has 0 spiro atoms. The minimum atomic E-state index is -0.182. The van der Waals surface area contributed by atoms with Crippen molar-refractivity contribution in [3.05, 3.63) is 34.9 Å². The lowest BCUT2D eigenvalue weighted by atomic mass is 10.2. The minimum absolute atomic E-state index is 0.0162. The van der Waals surface area contributed by atoms with Crippen LogP contribution in [-0.4, -0.2) is 20.7 Å². The van der Waals surface area contributed by atoms with E-state index in [-0.39, 0.29) is 17.4 Å². The van der Waals surface area contributed by atoms with Gasteiger partial charge in [-0.2, -0.15) is 0 Å². The van der Waals surface area contributed by atoms with Gasteiger partial charge in [0.2, 0.25) is 0 Å². The van der Waals surface area contributed by atoms with Crippen molar-refractivity contribution in [2.24, 2.45) is 5.73 Å². The Morgan fingerprint density at radius 1 is 1.56 bits per heavy atom. The number of nitrogens with two attached hydrogens (primary N) is 1. The normalized spacial score (nSPS) is 12.9. The van der Waals surface area contributed by atoms with Crippen molar-refractivity contribution in [2.75, 3.05) is 0 Å². The van der Waals surface area contributed by atoms with E-state index in [1.54, 1.807) is 12.1 Å². The molecule has 0 saturated carbocycles. The van der Waals surface area contributed by atoms with E-state index in [9.17, 15) is 9.90 Å². The number of hydrogen-bond donors (Lipinski definition) is 2. The van der Waals surface area contributed by atoms with E-state index in [0.29, 0.717) is 17.4 Å².